The van der Waals surface area contributed by atoms with Crippen LogP contribution in [0.4, 0.5) is 15.6 Å². The third-order valence-electron chi connectivity index (χ3n) is 2.97. The van der Waals surface area contributed by atoms with Crippen molar-refractivity contribution in [3.8, 4) is 5.75 Å². The molecule has 0 bridgehead atoms. The van der Waals surface area contributed by atoms with Crippen LogP contribution in [-0.4, -0.2) is 17.6 Å². The fraction of sp³-hybridized carbons (Fsp3) is 0.125. The van der Waals surface area contributed by atoms with Gasteiger partial charge in [0.25, 0.3) is 0 Å². The van der Waals surface area contributed by atoms with Gasteiger partial charge in [0.1, 0.15) is 5.75 Å². The van der Waals surface area contributed by atoms with Gasteiger partial charge in [-0.05, 0) is 43.3 Å². The molecule has 0 unspecified atom stereocenters. The molecule has 23 heavy (non-hydrogen) atoms. The second-order valence-corrected chi connectivity index (χ2v) is 6.14. The van der Waals surface area contributed by atoms with Gasteiger partial charge in [0.2, 0.25) is 0 Å². The second kappa shape index (κ2) is 6.85. The van der Waals surface area contributed by atoms with Gasteiger partial charge < -0.3 is 10.1 Å². The van der Waals surface area contributed by atoms with Crippen LogP contribution in [0, 0.1) is 0 Å². The summed E-state index contributed by atoms with van der Waals surface area (Å²) in [7, 11) is 0. The lowest BCUT2D eigenvalue weighted by Crippen LogP contribution is -2.19. The van der Waals surface area contributed by atoms with Crippen molar-refractivity contribution >= 4 is 50.0 Å². The van der Waals surface area contributed by atoms with Crippen LogP contribution in [0.15, 0.2) is 42.5 Å². The van der Waals surface area contributed by atoms with Crippen LogP contribution in [0.3, 0.4) is 0 Å². The lowest BCUT2D eigenvalue weighted by Gasteiger charge is -2.05. The number of carbonyl (C=O) groups excluding carboxylic acids is 1. The van der Waals surface area contributed by atoms with Crippen LogP contribution in [-0.2, 0) is 0 Å². The van der Waals surface area contributed by atoms with Crippen LogP contribution < -0.4 is 15.4 Å². The Morgan fingerprint density at radius 2 is 2.13 bits per heavy atom. The minimum absolute atomic E-state index is 0.364. The Hall–Kier alpha value is -2.31. The highest BCUT2D eigenvalue weighted by Gasteiger charge is 2.09. The monoisotopic (exact) mass is 347 g/mol. The highest BCUT2D eigenvalue weighted by molar-refractivity contribution is 7.22. The number of carbonyl (C=O) groups is 1. The van der Waals surface area contributed by atoms with E-state index in [0.29, 0.717) is 22.4 Å². The largest absolute Gasteiger partial charge is 0.494 e. The third-order valence-corrected chi connectivity index (χ3v) is 4.14. The van der Waals surface area contributed by atoms with Crippen molar-refractivity contribution in [1.82, 2.24) is 4.98 Å². The van der Waals surface area contributed by atoms with E-state index in [0.717, 1.165) is 16.0 Å². The number of fused-ring (bicyclic) bond motifs is 1. The summed E-state index contributed by atoms with van der Waals surface area (Å²) in [5.74, 6) is 0.790. The maximum absolute atomic E-state index is 12.0. The maximum Gasteiger partial charge on any atom is 0.325 e. The number of urea groups is 1. The molecule has 0 aliphatic carbocycles. The molecule has 0 saturated heterocycles. The quantitative estimate of drug-likeness (QED) is 0.698. The number of thiazole rings is 1. The molecule has 118 valence electrons. The van der Waals surface area contributed by atoms with Crippen LogP contribution in [0.25, 0.3) is 10.2 Å². The Bertz CT molecular complexity index is 850. The molecule has 0 aliphatic heterocycles. The van der Waals surface area contributed by atoms with Crippen molar-refractivity contribution < 1.29 is 9.53 Å². The number of nitrogens with zero attached hydrogens (tertiary/aromatic N) is 1. The summed E-state index contributed by atoms with van der Waals surface area (Å²) in [5, 5.41) is 6.52. The van der Waals surface area contributed by atoms with Crippen molar-refractivity contribution in [2.24, 2.45) is 0 Å². The number of anilines is 2. The number of nitrogens with one attached hydrogen (secondary N) is 2. The summed E-state index contributed by atoms with van der Waals surface area (Å²) in [4.78, 5) is 16.4. The number of halogens is 1. The fourth-order valence-corrected chi connectivity index (χ4v) is 3.12. The van der Waals surface area contributed by atoms with Crippen molar-refractivity contribution in [3.63, 3.8) is 0 Å². The van der Waals surface area contributed by atoms with Crippen LogP contribution >= 0.6 is 22.9 Å². The second-order valence-electron chi connectivity index (χ2n) is 4.67. The van der Waals surface area contributed by atoms with Gasteiger partial charge in [0, 0.05) is 10.7 Å². The highest BCUT2D eigenvalue weighted by atomic mass is 35.5. The smallest absolute Gasteiger partial charge is 0.325 e. The minimum atomic E-state index is -0.364. The number of aromatic nitrogens is 1. The molecule has 0 atom stereocenters. The molecule has 2 aromatic carbocycles. The van der Waals surface area contributed by atoms with Gasteiger partial charge >= 0.3 is 6.03 Å². The Balaban J connectivity index is 1.72. The summed E-state index contributed by atoms with van der Waals surface area (Å²) in [6, 6.07) is 12.2. The van der Waals surface area contributed by atoms with Crippen molar-refractivity contribution in [1.29, 1.82) is 0 Å². The maximum atomic E-state index is 12.0. The van der Waals surface area contributed by atoms with Crippen LogP contribution in [0.1, 0.15) is 6.92 Å². The van der Waals surface area contributed by atoms with Crippen LogP contribution in [0.2, 0.25) is 5.02 Å². The molecular weight excluding hydrogens is 334 g/mol. The normalized spacial score (nSPS) is 10.5. The Labute approximate surface area is 142 Å². The summed E-state index contributed by atoms with van der Waals surface area (Å²) < 4.78 is 6.41. The van der Waals surface area contributed by atoms with E-state index in [4.69, 9.17) is 16.3 Å². The molecule has 5 nitrogen and oxygen atoms in total. The Kier molecular flexibility index (Phi) is 4.64. The summed E-state index contributed by atoms with van der Waals surface area (Å²) in [6.45, 7) is 2.54. The van der Waals surface area contributed by atoms with Crippen molar-refractivity contribution in [2.75, 3.05) is 17.2 Å². The number of hydrogen-bond donors (Lipinski definition) is 2. The Morgan fingerprint density at radius 3 is 2.91 bits per heavy atom. The number of rotatable bonds is 4. The van der Waals surface area contributed by atoms with E-state index >= 15 is 0 Å². The standard InChI is InChI=1S/C16H14ClN3O2S/c1-2-22-12-6-7-13-14(9-12)23-16(19-13)20-15(21)18-11-5-3-4-10(17)8-11/h3-9H,2H2,1H3,(H2,18,19,20,21). The zero-order valence-corrected chi connectivity index (χ0v) is 13.9. The summed E-state index contributed by atoms with van der Waals surface area (Å²) in [6.07, 6.45) is 0. The molecule has 0 fully saturated rings. The predicted octanol–water partition coefficient (Wildman–Crippen LogP) is 4.99. The zero-order valence-electron chi connectivity index (χ0n) is 12.3. The third kappa shape index (κ3) is 3.91. The lowest BCUT2D eigenvalue weighted by atomic mass is 10.3. The SMILES string of the molecule is CCOc1ccc2nc(NC(=O)Nc3cccc(Cl)c3)sc2c1. The molecule has 7 heteroatoms. The lowest BCUT2D eigenvalue weighted by molar-refractivity contribution is 0.262. The van der Waals surface area contributed by atoms with Gasteiger partial charge in [-0.1, -0.05) is 29.0 Å². The van der Waals surface area contributed by atoms with E-state index in [9.17, 15) is 4.79 Å². The number of amides is 2. The van der Waals surface area contributed by atoms with E-state index in [-0.39, 0.29) is 6.03 Å². The predicted molar refractivity (Wildman–Crippen MR) is 94.9 cm³/mol. The molecule has 0 spiro atoms. The molecule has 3 rings (SSSR count). The van der Waals surface area contributed by atoms with E-state index < -0.39 is 0 Å². The first-order valence-electron chi connectivity index (χ1n) is 7.01. The van der Waals surface area contributed by atoms with Gasteiger partial charge in [-0.25, -0.2) is 9.78 Å². The summed E-state index contributed by atoms with van der Waals surface area (Å²) >= 11 is 7.28. The average molecular weight is 348 g/mol. The van der Waals surface area contributed by atoms with E-state index in [1.54, 1.807) is 24.3 Å². The van der Waals surface area contributed by atoms with Gasteiger partial charge in [0.15, 0.2) is 5.13 Å². The van der Waals surface area contributed by atoms with E-state index in [2.05, 4.69) is 15.6 Å². The first-order valence-corrected chi connectivity index (χ1v) is 8.20. The van der Waals surface area contributed by atoms with Crippen LogP contribution in [0.5, 0.6) is 5.75 Å². The molecule has 0 radical (unpaired) electrons. The molecule has 2 amide bonds. The molecule has 0 aliphatic rings. The molecule has 0 saturated carbocycles. The van der Waals surface area contributed by atoms with Gasteiger partial charge in [-0.2, -0.15) is 0 Å². The van der Waals surface area contributed by atoms with Crippen molar-refractivity contribution in [2.45, 2.75) is 6.92 Å². The first-order chi connectivity index (χ1) is 11.1. The Morgan fingerprint density at radius 1 is 1.26 bits per heavy atom. The summed E-state index contributed by atoms with van der Waals surface area (Å²) in [5.41, 5.74) is 1.44. The van der Waals surface area contributed by atoms with Gasteiger partial charge in [-0.15, -0.1) is 0 Å². The first kappa shape index (κ1) is 15.6. The molecule has 3 aromatic rings. The number of hydrogen-bond acceptors (Lipinski definition) is 4. The number of benzene rings is 2. The molecular formula is C16H14ClN3O2S. The molecule has 2 N–H and O–H groups in total. The van der Waals surface area contributed by atoms with E-state index in [1.807, 2.05) is 25.1 Å². The molecule has 1 aromatic heterocycles. The zero-order chi connectivity index (χ0) is 16.2. The molecule has 1 heterocycles. The van der Waals surface area contributed by atoms with E-state index in [1.165, 1.54) is 11.3 Å². The minimum Gasteiger partial charge on any atom is -0.494 e. The topological polar surface area (TPSA) is 63.2 Å². The number of ether oxygens (including phenoxy) is 1. The van der Waals surface area contributed by atoms with Gasteiger partial charge in [0.05, 0.1) is 16.8 Å². The average Bonchev–Trinajstić information content (AvgIpc) is 2.88. The van der Waals surface area contributed by atoms with Gasteiger partial charge in [-0.3, -0.25) is 5.32 Å². The van der Waals surface area contributed by atoms with Crippen molar-refractivity contribution in [3.05, 3.63) is 47.5 Å². The fourth-order valence-electron chi connectivity index (χ4n) is 2.04. The highest BCUT2D eigenvalue weighted by Crippen LogP contribution is 2.29.